The van der Waals surface area contributed by atoms with Gasteiger partial charge < -0.3 is 10.2 Å². The fraction of sp³-hybridized carbons (Fsp3) is 0.304. The van der Waals surface area contributed by atoms with Gasteiger partial charge in [0.05, 0.1) is 5.60 Å². The first-order valence-corrected chi connectivity index (χ1v) is 9.22. The Hall–Kier alpha value is -2.32. The van der Waals surface area contributed by atoms with Crippen LogP contribution in [0.4, 0.5) is 0 Å². The van der Waals surface area contributed by atoms with Gasteiger partial charge in [0.2, 0.25) is 0 Å². The van der Waals surface area contributed by atoms with Crippen LogP contribution in [0.1, 0.15) is 44.1 Å². The number of hydrogen-bond acceptors (Lipinski definition) is 2. The summed E-state index contributed by atoms with van der Waals surface area (Å²) >= 11 is 0. The zero-order valence-corrected chi connectivity index (χ0v) is 14.4. The van der Waals surface area contributed by atoms with E-state index in [0.717, 1.165) is 53.1 Å². The van der Waals surface area contributed by atoms with Gasteiger partial charge in [-0.05, 0) is 41.0 Å². The molecule has 4 rings (SSSR count). The number of phenols is 1. The number of rotatable bonds is 2. The van der Waals surface area contributed by atoms with Crippen LogP contribution in [-0.2, 0) is 5.60 Å². The van der Waals surface area contributed by atoms with Crippen LogP contribution >= 0.6 is 0 Å². The van der Waals surface area contributed by atoms with Gasteiger partial charge >= 0.3 is 0 Å². The second kappa shape index (κ2) is 6.53. The third kappa shape index (κ3) is 2.91. The number of hydrogen-bond donors (Lipinski definition) is 2. The summed E-state index contributed by atoms with van der Waals surface area (Å²) < 4.78 is 0. The highest BCUT2D eigenvalue weighted by Gasteiger charge is 2.33. The van der Waals surface area contributed by atoms with Gasteiger partial charge in [0.1, 0.15) is 5.75 Å². The molecule has 1 aliphatic rings. The molecular weight excluding hydrogens is 308 g/mol. The van der Waals surface area contributed by atoms with E-state index in [9.17, 15) is 10.2 Å². The fourth-order valence-corrected chi connectivity index (χ4v) is 4.22. The third-order valence-corrected chi connectivity index (χ3v) is 5.52. The molecular formula is C23H24O2. The van der Waals surface area contributed by atoms with Crippen molar-refractivity contribution in [1.82, 2.24) is 0 Å². The second-order valence-corrected chi connectivity index (χ2v) is 7.18. The molecule has 0 bridgehead atoms. The molecule has 1 fully saturated rings. The molecule has 1 aliphatic carbocycles. The van der Waals surface area contributed by atoms with E-state index >= 15 is 0 Å². The Morgan fingerprint density at radius 1 is 0.720 bits per heavy atom. The molecule has 0 heterocycles. The van der Waals surface area contributed by atoms with E-state index < -0.39 is 5.60 Å². The Labute approximate surface area is 148 Å². The van der Waals surface area contributed by atoms with E-state index in [1.807, 2.05) is 42.5 Å². The van der Waals surface area contributed by atoms with Crippen molar-refractivity contribution in [3.05, 3.63) is 66.2 Å². The first-order valence-electron chi connectivity index (χ1n) is 9.22. The Kier molecular flexibility index (Phi) is 4.22. The van der Waals surface area contributed by atoms with Gasteiger partial charge in [0.25, 0.3) is 0 Å². The minimum absolute atomic E-state index is 0.253. The van der Waals surface area contributed by atoms with Gasteiger partial charge in [-0.3, -0.25) is 0 Å². The molecule has 0 spiro atoms. The van der Waals surface area contributed by atoms with Crippen molar-refractivity contribution in [1.29, 1.82) is 0 Å². The lowest BCUT2D eigenvalue weighted by atomic mass is 9.80. The summed E-state index contributed by atoms with van der Waals surface area (Å²) in [5, 5.41) is 24.0. The van der Waals surface area contributed by atoms with E-state index in [-0.39, 0.29) is 5.75 Å². The molecule has 0 aromatic heterocycles. The molecule has 0 radical (unpaired) electrons. The lowest BCUT2D eigenvalue weighted by Gasteiger charge is -2.31. The summed E-state index contributed by atoms with van der Waals surface area (Å²) in [5.74, 6) is 0.253. The lowest BCUT2D eigenvalue weighted by Crippen LogP contribution is -2.25. The van der Waals surface area contributed by atoms with E-state index in [2.05, 4.69) is 12.1 Å². The van der Waals surface area contributed by atoms with E-state index in [1.165, 1.54) is 12.8 Å². The third-order valence-electron chi connectivity index (χ3n) is 5.52. The largest absolute Gasteiger partial charge is 0.507 e. The Morgan fingerprint density at radius 3 is 2.00 bits per heavy atom. The number of fused-ring (bicyclic) bond motifs is 1. The Balaban J connectivity index is 2.03. The highest BCUT2D eigenvalue weighted by molar-refractivity contribution is 6.01. The molecule has 3 aromatic carbocycles. The first kappa shape index (κ1) is 16.2. The number of aromatic hydroxyl groups is 1. The number of aliphatic hydroxyl groups is 1. The van der Waals surface area contributed by atoms with Crippen molar-refractivity contribution in [2.45, 2.75) is 44.1 Å². The summed E-state index contributed by atoms with van der Waals surface area (Å²) in [4.78, 5) is 0. The molecule has 25 heavy (non-hydrogen) atoms. The molecule has 0 atom stereocenters. The van der Waals surface area contributed by atoms with Crippen LogP contribution in [0, 0.1) is 0 Å². The fourth-order valence-electron chi connectivity index (χ4n) is 4.22. The monoisotopic (exact) mass is 332 g/mol. The van der Waals surface area contributed by atoms with Crippen LogP contribution in [-0.4, -0.2) is 10.2 Å². The highest BCUT2D eigenvalue weighted by atomic mass is 16.3. The summed E-state index contributed by atoms with van der Waals surface area (Å²) in [6, 6.07) is 20.0. The zero-order chi connectivity index (χ0) is 17.3. The van der Waals surface area contributed by atoms with Gasteiger partial charge in [0.15, 0.2) is 0 Å². The van der Waals surface area contributed by atoms with Crippen molar-refractivity contribution in [3.63, 3.8) is 0 Å². The Bertz CT molecular complexity index is 875. The second-order valence-electron chi connectivity index (χ2n) is 7.18. The minimum Gasteiger partial charge on any atom is -0.507 e. The van der Waals surface area contributed by atoms with Gasteiger partial charge in [-0.2, -0.15) is 0 Å². The standard InChI is InChI=1S/C23H24O2/c24-21-16-20(23(25)14-8-1-2-9-15-23)22(17-10-4-3-5-11-17)19-13-7-6-12-18(19)21/h3-7,10-13,16,24-25H,1-2,8-9,14-15H2. The van der Waals surface area contributed by atoms with Crippen LogP contribution in [0.25, 0.3) is 21.9 Å². The summed E-state index contributed by atoms with van der Waals surface area (Å²) in [6.07, 6.45) is 5.90. The number of benzene rings is 3. The van der Waals surface area contributed by atoms with Gasteiger partial charge in [-0.25, -0.2) is 0 Å². The van der Waals surface area contributed by atoms with Crippen molar-refractivity contribution in [3.8, 4) is 16.9 Å². The van der Waals surface area contributed by atoms with E-state index in [4.69, 9.17) is 0 Å². The van der Waals surface area contributed by atoms with Gasteiger partial charge in [-0.15, -0.1) is 0 Å². The van der Waals surface area contributed by atoms with Crippen LogP contribution < -0.4 is 0 Å². The van der Waals surface area contributed by atoms with Crippen molar-refractivity contribution in [2.75, 3.05) is 0 Å². The molecule has 2 heteroatoms. The predicted molar refractivity (Wildman–Crippen MR) is 103 cm³/mol. The maximum absolute atomic E-state index is 11.5. The molecule has 0 aliphatic heterocycles. The van der Waals surface area contributed by atoms with Crippen molar-refractivity contribution >= 4 is 10.8 Å². The van der Waals surface area contributed by atoms with Crippen molar-refractivity contribution < 1.29 is 10.2 Å². The molecule has 3 aromatic rings. The summed E-state index contributed by atoms with van der Waals surface area (Å²) in [5.41, 5.74) is 2.14. The molecule has 1 saturated carbocycles. The van der Waals surface area contributed by atoms with Crippen LogP contribution in [0.5, 0.6) is 5.75 Å². The topological polar surface area (TPSA) is 40.5 Å². The quantitative estimate of drug-likeness (QED) is 0.586. The number of phenolic OH excluding ortho intramolecular Hbond substituents is 1. The zero-order valence-electron chi connectivity index (χ0n) is 14.4. The molecule has 0 unspecified atom stereocenters. The molecule has 2 nitrogen and oxygen atoms in total. The molecule has 0 amide bonds. The first-order chi connectivity index (χ1) is 12.2. The summed E-state index contributed by atoms with van der Waals surface area (Å²) in [7, 11) is 0. The Morgan fingerprint density at radius 2 is 1.32 bits per heavy atom. The highest BCUT2D eigenvalue weighted by Crippen LogP contribution is 2.46. The maximum Gasteiger partial charge on any atom is 0.123 e. The van der Waals surface area contributed by atoms with Crippen LogP contribution in [0.3, 0.4) is 0 Å². The average Bonchev–Trinajstić information content (AvgIpc) is 2.88. The van der Waals surface area contributed by atoms with Crippen LogP contribution in [0.2, 0.25) is 0 Å². The van der Waals surface area contributed by atoms with Gasteiger partial charge in [-0.1, -0.05) is 80.3 Å². The lowest BCUT2D eigenvalue weighted by molar-refractivity contribution is 0.0212. The maximum atomic E-state index is 11.5. The van der Waals surface area contributed by atoms with E-state index in [1.54, 1.807) is 6.07 Å². The smallest absolute Gasteiger partial charge is 0.123 e. The van der Waals surface area contributed by atoms with Gasteiger partial charge in [0, 0.05) is 5.39 Å². The predicted octanol–water partition coefficient (Wildman–Crippen LogP) is 5.75. The molecule has 2 N–H and O–H groups in total. The SMILES string of the molecule is Oc1cc(C2(O)CCCCCC2)c(-c2ccccc2)c2ccccc12. The summed E-state index contributed by atoms with van der Waals surface area (Å²) in [6.45, 7) is 0. The van der Waals surface area contributed by atoms with Crippen LogP contribution in [0.15, 0.2) is 60.7 Å². The molecule has 128 valence electrons. The normalized spacial score (nSPS) is 17.3. The van der Waals surface area contributed by atoms with Crippen molar-refractivity contribution in [2.24, 2.45) is 0 Å². The average molecular weight is 332 g/mol. The molecule has 0 saturated heterocycles. The van der Waals surface area contributed by atoms with E-state index in [0.29, 0.717) is 0 Å². The minimum atomic E-state index is -0.872.